The number of anilines is 1. The van der Waals surface area contributed by atoms with Crippen molar-refractivity contribution >= 4 is 49.0 Å². The van der Waals surface area contributed by atoms with Crippen LogP contribution in [0.4, 0.5) is 5.82 Å². The highest BCUT2D eigenvalue weighted by Gasteiger charge is 2.42. The molecule has 3 heterocycles. The third kappa shape index (κ3) is 6.22. The van der Waals surface area contributed by atoms with E-state index < -0.39 is 45.7 Å². The number of carbonyl (C=O) groups is 1. The lowest BCUT2D eigenvalue weighted by atomic mass is 9.94. The van der Waals surface area contributed by atoms with Crippen LogP contribution < -0.4 is 5.32 Å². The molecule has 5 atom stereocenters. The molecule has 4 N–H and O–H groups in total. The van der Waals surface area contributed by atoms with Crippen molar-refractivity contribution in [1.29, 1.82) is 0 Å². The number of ketones is 1. The number of nitrogens with zero attached hydrogens (tertiary/aromatic N) is 3. The monoisotopic (exact) mass is 612 g/mol. The number of pyridine rings is 1. The summed E-state index contributed by atoms with van der Waals surface area (Å²) in [5, 5.41) is 36.7. The lowest BCUT2D eigenvalue weighted by molar-refractivity contribution is 0.00786. The van der Waals surface area contributed by atoms with Crippen LogP contribution in [0.15, 0.2) is 46.8 Å². The van der Waals surface area contributed by atoms with Gasteiger partial charge in [-0.3, -0.25) is 8.98 Å². The van der Waals surface area contributed by atoms with Crippen LogP contribution in [-0.2, 0) is 19.9 Å². The number of aliphatic hydroxyl groups excluding tert-OH is 2. The molecule has 1 aliphatic carbocycles. The molecule has 3 aromatic heterocycles. The van der Waals surface area contributed by atoms with E-state index in [1.54, 1.807) is 36.6 Å². The molecular weight excluding hydrogens is 588 g/mol. The Morgan fingerprint density at radius 2 is 2.08 bits per heavy atom. The highest BCUT2D eigenvalue weighted by molar-refractivity contribution is 9.10. The van der Waals surface area contributed by atoms with Crippen LogP contribution in [0.25, 0.3) is 0 Å². The average molecular weight is 614 g/mol. The molecule has 0 amide bonds. The second-order valence-corrected chi connectivity index (χ2v) is 12.3. The van der Waals surface area contributed by atoms with Crippen molar-refractivity contribution in [2.75, 3.05) is 18.2 Å². The standard InChI is InChI=1S/C23H25BrN4O7S2/c1-23(32,17-4-3-5-18(24)28-17)13-7-16(36-10-13)20(30)14-8-25-11-26-22(14)27-15-6-12(19(29)21(15)31)9-35-37(2,33)34/h3-5,7-8,10-12,15,19,21,29,31-32H,6,9H2,1-2H3,(H,25,26,27)/t12-,15-,19-,21+,23?/m1/s1. The molecule has 1 unspecified atom stereocenters. The van der Waals surface area contributed by atoms with Crippen molar-refractivity contribution < 1.29 is 32.7 Å². The Kier molecular flexibility index (Phi) is 8.09. The van der Waals surface area contributed by atoms with Crippen LogP contribution in [0.3, 0.4) is 0 Å². The predicted molar refractivity (Wildman–Crippen MR) is 139 cm³/mol. The Bertz CT molecular complexity index is 1400. The van der Waals surface area contributed by atoms with Gasteiger partial charge >= 0.3 is 0 Å². The van der Waals surface area contributed by atoms with Gasteiger partial charge in [-0.1, -0.05) is 6.07 Å². The molecule has 0 saturated heterocycles. The van der Waals surface area contributed by atoms with Crippen molar-refractivity contribution in [2.45, 2.75) is 37.2 Å². The number of carbonyl (C=O) groups excluding carboxylic acids is 1. The van der Waals surface area contributed by atoms with Crippen LogP contribution in [0.2, 0.25) is 0 Å². The molecule has 0 spiro atoms. The number of nitrogens with one attached hydrogen (secondary N) is 1. The zero-order valence-corrected chi connectivity index (χ0v) is 23.0. The minimum atomic E-state index is -3.71. The Morgan fingerprint density at radius 1 is 1.32 bits per heavy atom. The Morgan fingerprint density at radius 3 is 2.78 bits per heavy atom. The molecule has 198 valence electrons. The van der Waals surface area contributed by atoms with Crippen LogP contribution in [0.1, 0.15) is 39.8 Å². The van der Waals surface area contributed by atoms with Crippen molar-refractivity contribution in [3.05, 3.63) is 68.5 Å². The quantitative estimate of drug-likeness (QED) is 0.157. The van der Waals surface area contributed by atoms with E-state index in [0.717, 1.165) is 17.6 Å². The van der Waals surface area contributed by atoms with Gasteiger partial charge in [-0.25, -0.2) is 15.0 Å². The predicted octanol–water partition coefficient (Wildman–Crippen LogP) is 1.68. The molecule has 0 aliphatic heterocycles. The first-order valence-corrected chi connectivity index (χ1v) is 14.6. The Balaban J connectivity index is 1.53. The van der Waals surface area contributed by atoms with Gasteiger partial charge in [-0.15, -0.1) is 11.3 Å². The first kappa shape index (κ1) is 27.7. The fourth-order valence-electron chi connectivity index (χ4n) is 4.10. The van der Waals surface area contributed by atoms with Gasteiger partial charge in [0.2, 0.25) is 5.78 Å². The lowest BCUT2D eigenvalue weighted by Gasteiger charge is -2.21. The molecule has 37 heavy (non-hydrogen) atoms. The zero-order chi connectivity index (χ0) is 27.0. The van der Waals surface area contributed by atoms with Gasteiger partial charge in [0.15, 0.2) is 0 Å². The van der Waals surface area contributed by atoms with Crippen molar-refractivity contribution in [2.24, 2.45) is 5.92 Å². The minimum Gasteiger partial charge on any atom is -0.390 e. The molecule has 14 heteroatoms. The second kappa shape index (κ2) is 10.8. The maximum Gasteiger partial charge on any atom is 0.264 e. The van der Waals surface area contributed by atoms with Gasteiger partial charge in [0.05, 0.1) is 41.1 Å². The highest BCUT2D eigenvalue weighted by Crippen LogP contribution is 2.34. The summed E-state index contributed by atoms with van der Waals surface area (Å²) in [4.78, 5) is 26.1. The molecule has 0 aromatic carbocycles. The third-order valence-corrected chi connectivity index (χ3v) is 8.11. The van der Waals surface area contributed by atoms with Gasteiger partial charge in [0.25, 0.3) is 10.1 Å². The summed E-state index contributed by atoms with van der Waals surface area (Å²) in [6, 6.07) is 6.05. The number of hydrogen-bond acceptors (Lipinski definition) is 12. The van der Waals surface area contributed by atoms with Crippen molar-refractivity contribution in [3.8, 4) is 0 Å². The summed E-state index contributed by atoms with van der Waals surface area (Å²) >= 11 is 4.44. The SMILES string of the molecule is CC(O)(c1csc(C(=O)c2cncnc2N[C@@H]2C[C@H](COS(C)(=O)=O)[C@@H](O)[C@H]2O)c1)c1cccc(Br)n1. The normalized spacial score (nSPS) is 23.5. The summed E-state index contributed by atoms with van der Waals surface area (Å²) in [5.74, 6) is -0.893. The molecule has 0 radical (unpaired) electrons. The minimum absolute atomic E-state index is 0.133. The van der Waals surface area contributed by atoms with E-state index in [1.807, 2.05) is 0 Å². The van der Waals surface area contributed by atoms with E-state index in [1.165, 1.54) is 12.5 Å². The van der Waals surface area contributed by atoms with Crippen molar-refractivity contribution in [1.82, 2.24) is 15.0 Å². The van der Waals surface area contributed by atoms with Gasteiger partial charge in [-0.2, -0.15) is 8.42 Å². The largest absolute Gasteiger partial charge is 0.390 e. The summed E-state index contributed by atoms with van der Waals surface area (Å²) in [5.41, 5.74) is -0.415. The van der Waals surface area contributed by atoms with E-state index in [0.29, 0.717) is 20.7 Å². The Labute approximate surface area is 225 Å². The fraction of sp³-hybridized carbons (Fsp3) is 0.391. The fourth-order valence-corrected chi connectivity index (χ4v) is 5.83. The van der Waals surface area contributed by atoms with Crippen molar-refractivity contribution in [3.63, 3.8) is 0 Å². The highest BCUT2D eigenvalue weighted by atomic mass is 79.9. The summed E-state index contributed by atoms with van der Waals surface area (Å²) in [6.07, 6.45) is 1.20. The van der Waals surface area contributed by atoms with E-state index in [-0.39, 0.29) is 24.4 Å². The molecule has 1 aliphatic rings. The third-order valence-electron chi connectivity index (χ3n) is 6.18. The second-order valence-electron chi connectivity index (χ2n) is 8.95. The topological polar surface area (TPSA) is 172 Å². The first-order valence-electron chi connectivity index (χ1n) is 11.1. The summed E-state index contributed by atoms with van der Waals surface area (Å²) < 4.78 is 28.0. The smallest absolute Gasteiger partial charge is 0.264 e. The van der Waals surface area contributed by atoms with Crippen LogP contribution >= 0.6 is 27.3 Å². The number of rotatable bonds is 9. The number of halogens is 1. The number of hydrogen-bond donors (Lipinski definition) is 4. The molecule has 0 bridgehead atoms. The molecule has 11 nitrogen and oxygen atoms in total. The van der Waals surface area contributed by atoms with Gasteiger partial charge in [-0.05, 0) is 52.9 Å². The number of thiophene rings is 1. The van der Waals surface area contributed by atoms with Crippen LogP contribution in [-0.4, -0.2) is 75.6 Å². The van der Waals surface area contributed by atoms with Gasteiger partial charge in [0, 0.05) is 17.7 Å². The maximum atomic E-state index is 13.4. The Hall–Kier alpha value is -2.33. The van der Waals surface area contributed by atoms with E-state index >= 15 is 0 Å². The van der Waals surface area contributed by atoms with E-state index in [2.05, 4.69) is 36.2 Å². The molecule has 4 rings (SSSR count). The zero-order valence-electron chi connectivity index (χ0n) is 19.8. The first-order chi connectivity index (χ1) is 17.4. The summed E-state index contributed by atoms with van der Waals surface area (Å²) in [7, 11) is -3.71. The number of aliphatic hydroxyl groups is 3. The van der Waals surface area contributed by atoms with Crippen LogP contribution in [0.5, 0.6) is 0 Å². The van der Waals surface area contributed by atoms with Crippen LogP contribution in [0, 0.1) is 5.92 Å². The van der Waals surface area contributed by atoms with Gasteiger partial charge < -0.3 is 20.6 Å². The van der Waals surface area contributed by atoms with E-state index in [4.69, 9.17) is 4.18 Å². The molecule has 3 aromatic rings. The molecule has 1 fully saturated rings. The van der Waals surface area contributed by atoms with Gasteiger partial charge in [0.1, 0.15) is 28.5 Å². The lowest BCUT2D eigenvalue weighted by Crippen LogP contribution is -2.36. The average Bonchev–Trinajstić information content (AvgIpc) is 3.44. The summed E-state index contributed by atoms with van der Waals surface area (Å²) in [6.45, 7) is 1.31. The molecule has 1 saturated carbocycles. The number of aromatic nitrogens is 3. The maximum absolute atomic E-state index is 13.4. The van der Waals surface area contributed by atoms with E-state index in [9.17, 15) is 28.5 Å². The molecular formula is C23H25BrN4O7S2.